The second-order valence-corrected chi connectivity index (χ2v) is 8.58. The number of anilines is 1. The minimum atomic E-state index is -0.820. The maximum Gasteiger partial charge on any atom is 0.265 e. The van der Waals surface area contributed by atoms with E-state index in [4.69, 9.17) is 39.5 Å². The quantitative estimate of drug-likeness (QED) is 0.536. The van der Waals surface area contributed by atoms with Gasteiger partial charge < -0.3 is 15.4 Å². The van der Waals surface area contributed by atoms with Crippen molar-refractivity contribution in [3.8, 4) is 5.75 Å². The van der Waals surface area contributed by atoms with Gasteiger partial charge in [-0.15, -0.1) is 0 Å². The predicted molar refractivity (Wildman–Crippen MR) is 121 cm³/mol. The maximum atomic E-state index is 12.7. The van der Waals surface area contributed by atoms with Crippen LogP contribution in [-0.2, 0) is 4.79 Å². The third kappa shape index (κ3) is 6.03. The number of nitrogens with one attached hydrogen (secondary N) is 2. The lowest BCUT2D eigenvalue weighted by Crippen LogP contribution is -2.36. The highest BCUT2D eigenvalue weighted by atomic mass is 35.5. The number of halogens is 3. The first kappa shape index (κ1) is 22.7. The van der Waals surface area contributed by atoms with Gasteiger partial charge in [0.05, 0.1) is 15.6 Å². The van der Waals surface area contributed by atoms with Gasteiger partial charge in [-0.05, 0) is 56.2 Å². The van der Waals surface area contributed by atoms with E-state index in [9.17, 15) is 9.59 Å². The van der Waals surface area contributed by atoms with E-state index in [2.05, 4.69) is 10.6 Å². The lowest BCUT2D eigenvalue weighted by Gasteiger charge is -2.23. The molecule has 1 fully saturated rings. The predicted octanol–water partition coefficient (Wildman–Crippen LogP) is 6.12. The van der Waals surface area contributed by atoms with Crippen LogP contribution in [0.4, 0.5) is 5.69 Å². The number of amides is 2. The summed E-state index contributed by atoms with van der Waals surface area (Å²) < 4.78 is 5.63. The molecule has 0 aromatic heterocycles. The van der Waals surface area contributed by atoms with Crippen LogP contribution < -0.4 is 15.4 Å². The molecule has 0 bridgehead atoms. The van der Waals surface area contributed by atoms with Crippen LogP contribution in [0.3, 0.4) is 0 Å². The molecule has 1 aliphatic carbocycles. The summed E-state index contributed by atoms with van der Waals surface area (Å²) in [7, 11) is 0. The SMILES string of the molecule is CC(Oc1ccc(Cl)cc1Cl)C(=O)Nc1ccc(Cl)c(C(=O)NC2CCCCC2)c1. The van der Waals surface area contributed by atoms with Crippen molar-refractivity contribution in [3.05, 3.63) is 57.0 Å². The number of hydrogen-bond donors (Lipinski definition) is 2. The van der Waals surface area contributed by atoms with E-state index in [1.165, 1.54) is 6.42 Å². The van der Waals surface area contributed by atoms with Crippen molar-refractivity contribution in [3.63, 3.8) is 0 Å². The Hall–Kier alpha value is -1.95. The summed E-state index contributed by atoms with van der Waals surface area (Å²) in [6.07, 6.45) is 4.56. The highest BCUT2D eigenvalue weighted by Crippen LogP contribution is 2.29. The zero-order valence-electron chi connectivity index (χ0n) is 16.5. The largest absolute Gasteiger partial charge is 0.479 e. The average Bonchev–Trinajstić information content (AvgIpc) is 2.72. The minimum absolute atomic E-state index is 0.165. The lowest BCUT2D eigenvalue weighted by molar-refractivity contribution is -0.122. The minimum Gasteiger partial charge on any atom is -0.479 e. The summed E-state index contributed by atoms with van der Waals surface area (Å²) in [6.45, 7) is 1.60. The molecule has 0 saturated heterocycles. The standard InChI is InChI=1S/C22H23Cl3N2O3/c1-13(30-20-10-7-14(23)11-19(20)25)21(28)27-16-8-9-18(24)17(12-16)22(29)26-15-5-3-2-4-6-15/h7-13,15H,2-6H2,1H3,(H,26,29)(H,27,28). The number of carbonyl (C=O) groups excluding carboxylic acids is 2. The van der Waals surface area contributed by atoms with Gasteiger partial charge >= 0.3 is 0 Å². The van der Waals surface area contributed by atoms with Gasteiger partial charge in [0.2, 0.25) is 0 Å². The first-order chi connectivity index (χ1) is 14.3. The smallest absolute Gasteiger partial charge is 0.265 e. The van der Waals surface area contributed by atoms with E-state index in [1.807, 2.05) is 0 Å². The molecule has 30 heavy (non-hydrogen) atoms. The van der Waals surface area contributed by atoms with Crippen LogP contribution in [0.5, 0.6) is 5.75 Å². The fourth-order valence-electron chi connectivity index (χ4n) is 3.35. The molecule has 2 N–H and O–H groups in total. The van der Waals surface area contributed by atoms with Gasteiger partial charge in [-0.3, -0.25) is 9.59 Å². The molecule has 1 atom stereocenters. The molecule has 0 aliphatic heterocycles. The monoisotopic (exact) mass is 468 g/mol. The van der Waals surface area contributed by atoms with Gasteiger partial charge in [-0.2, -0.15) is 0 Å². The second-order valence-electron chi connectivity index (χ2n) is 7.33. The summed E-state index contributed by atoms with van der Waals surface area (Å²) in [4.78, 5) is 25.2. The molecule has 0 radical (unpaired) electrons. The third-order valence-corrected chi connectivity index (χ3v) is 5.85. The Morgan fingerprint density at radius 2 is 1.73 bits per heavy atom. The molecule has 5 nitrogen and oxygen atoms in total. The molecular weight excluding hydrogens is 447 g/mol. The zero-order chi connectivity index (χ0) is 21.7. The van der Waals surface area contributed by atoms with Crippen LogP contribution in [0.1, 0.15) is 49.4 Å². The second kappa shape index (κ2) is 10.4. The van der Waals surface area contributed by atoms with Crippen molar-refractivity contribution in [2.75, 3.05) is 5.32 Å². The summed E-state index contributed by atoms with van der Waals surface area (Å²) in [6, 6.07) is 9.74. The average molecular weight is 470 g/mol. The molecular formula is C22H23Cl3N2O3. The normalized spacial score (nSPS) is 15.3. The van der Waals surface area contributed by atoms with Crippen LogP contribution in [0.15, 0.2) is 36.4 Å². The van der Waals surface area contributed by atoms with Crippen molar-refractivity contribution >= 4 is 52.3 Å². The lowest BCUT2D eigenvalue weighted by atomic mass is 9.95. The topological polar surface area (TPSA) is 67.4 Å². The van der Waals surface area contributed by atoms with Crippen LogP contribution in [0.2, 0.25) is 15.1 Å². The molecule has 1 saturated carbocycles. The van der Waals surface area contributed by atoms with Gasteiger partial charge in [-0.25, -0.2) is 0 Å². The van der Waals surface area contributed by atoms with Gasteiger partial charge in [0.15, 0.2) is 6.10 Å². The number of hydrogen-bond acceptors (Lipinski definition) is 3. The van der Waals surface area contributed by atoms with Gasteiger partial charge in [-0.1, -0.05) is 54.1 Å². The summed E-state index contributed by atoms with van der Waals surface area (Å²) in [5, 5.41) is 6.91. The van der Waals surface area contributed by atoms with Gasteiger partial charge in [0.1, 0.15) is 5.75 Å². The zero-order valence-corrected chi connectivity index (χ0v) is 18.8. The molecule has 0 spiro atoms. The van der Waals surface area contributed by atoms with Crippen molar-refractivity contribution in [2.45, 2.75) is 51.2 Å². The molecule has 1 unspecified atom stereocenters. The molecule has 2 aromatic carbocycles. The highest BCUT2D eigenvalue weighted by molar-refractivity contribution is 6.35. The van der Waals surface area contributed by atoms with Crippen LogP contribution in [0, 0.1) is 0 Å². The van der Waals surface area contributed by atoms with E-state index in [-0.39, 0.29) is 17.9 Å². The van der Waals surface area contributed by atoms with Crippen LogP contribution in [0.25, 0.3) is 0 Å². The molecule has 2 aromatic rings. The molecule has 3 rings (SSSR count). The fraction of sp³-hybridized carbons (Fsp3) is 0.364. The summed E-state index contributed by atoms with van der Waals surface area (Å²) >= 11 is 18.2. The van der Waals surface area contributed by atoms with E-state index >= 15 is 0 Å². The van der Waals surface area contributed by atoms with Gasteiger partial charge in [0, 0.05) is 16.8 Å². The molecule has 1 aliphatic rings. The Labute approximate surface area is 191 Å². The highest BCUT2D eigenvalue weighted by Gasteiger charge is 2.20. The number of ether oxygens (including phenoxy) is 1. The summed E-state index contributed by atoms with van der Waals surface area (Å²) in [5.41, 5.74) is 0.783. The Balaban J connectivity index is 1.64. The maximum absolute atomic E-state index is 12.7. The number of carbonyl (C=O) groups is 2. The van der Waals surface area contributed by atoms with E-state index < -0.39 is 6.10 Å². The Kier molecular flexibility index (Phi) is 7.87. The Bertz CT molecular complexity index is 930. The number of rotatable bonds is 6. The third-order valence-electron chi connectivity index (χ3n) is 4.99. The molecule has 160 valence electrons. The van der Waals surface area contributed by atoms with E-state index in [0.29, 0.717) is 32.1 Å². The van der Waals surface area contributed by atoms with Crippen molar-refractivity contribution < 1.29 is 14.3 Å². The van der Waals surface area contributed by atoms with Crippen LogP contribution in [-0.4, -0.2) is 24.0 Å². The Morgan fingerprint density at radius 3 is 2.43 bits per heavy atom. The Morgan fingerprint density at radius 1 is 1.00 bits per heavy atom. The van der Waals surface area contributed by atoms with Crippen molar-refractivity contribution in [1.29, 1.82) is 0 Å². The summed E-state index contributed by atoms with van der Waals surface area (Å²) in [5.74, 6) is -0.269. The van der Waals surface area contributed by atoms with Crippen molar-refractivity contribution in [1.82, 2.24) is 5.32 Å². The first-order valence-electron chi connectivity index (χ1n) is 9.86. The van der Waals surface area contributed by atoms with E-state index in [1.54, 1.807) is 43.3 Å². The van der Waals surface area contributed by atoms with Gasteiger partial charge in [0.25, 0.3) is 11.8 Å². The molecule has 2 amide bonds. The van der Waals surface area contributed by atoms with Crippen LogP contribution >= 0.6 is 34.8 Å². The molecule has 0 heterocycles. The first-order valence-corrected chi connectivity index (χ1v) is 11.0. The molecule has 8 heteroatoms. The number of benzene rings is 2. The fourth-order valence-corrected chi connectivity index (χ4v) is 4.00. The van der Waals surface area contributed by atoms with Crippen molar-refractivity contribution in [2.24, 2.45) is 0 Å². The van der Waals surface area contributed by atoms with E-state index in [0.717, 1.165) is 25.7 Å².